The number of carbonyl (C=O) groups excluding carboxylic acids is 2. The number of aliphatic hydroxyl groups excluding tert-OH is 1. The van der Waals surface area contributed by atoms with Gasteiger partial charge < -0.3 is 14.6 Å². The average Bonchev–Trinajstić information content (AvgIpc) is 2.89. The Kier molecular flexibility index (Phi) is 21.0. The van der Waals surface area contributed by atoms with Crippen LogP contribution in [0.1, 0.15) is 136 Å². The number of rotatable bonds is 23. The summed E-state index contributed by atoms with van der Waals surface area (Å²) in [5.41, 5.74) is 0. The lowest BCUT2D eigenvalue weighted by Crippen LogP contribution is -2.40. The Hall–Kier alpha value is -1.14. The van der Waals surface area contributed by atoms with Crippen molar-refractivity contribution < 1.29 is 24.2 Å². The molecule has 0 amide bonds. The first kappa shape index (κ1) is 32.9. The molecule has 0 saturated heterocycles. The fourth-order valence-corrected chi connectivity index (χ4v) is 5.10. The van der Waals surface area contributed by atoms with Crippen molar-refractivity contribution in [1.29, 1.82) is 0 Å². The zero-order valence-corrected chi connectivity index (χ0v) is 23.7. The van der Waals surface area contributed by atoms with E-state index in [0.29, 0.717) is 38.6 Å². The lowest BCUT2D eigenvalue weighted by Gasteiger charge is -2.34. The molecule has 1 aliphatic carbocycles. The van der Waals surface area contributed by atoms with E-state index in [1.165, 1.54) is 77.0 Å². The molecule has 1 aliphatic rings. The van der Waals surface area contributed by atoms with Crippen LogP contribution in [0, 0.1) is 5.92 Å². The monoisotopic (exact) mass is 511 g/mol. The topological polar surface area (TPSA) is 76.1 Å². The van der Waals surface area contributed by atoms with Gasteiger partial charge in [0.15, 0.2) is 0 Å². The van der Waals surface area contributed by atoms with Crippen LogP contribution in [0.4, 0.5) is 0 Å². The highest BCUT2D eigenvalue weighted by Crippen LogP contribution is 2.23. The largest absolute Gasteiger partial charge is 0.465 e. The van der Waals surface area contributed by atoms with E-state index in [9.17, 15) is 14.7 Å². The summed E-state index contributed by atoms with van der Waals surface area (Å²) in [4.78, 5) is 27.0. The molecule has 0 bridgehead atoms. The van der Waals surface area contributed by atoms with Crippen LogP contribution in [0.2, 0.25) is 0 Å². The molecule has 0 aromatic rings. The van der Waals surface area contributed by atoms with Crippen LogP contribution in [0.3, 0.4) is 0 Å². The Morgan fingerprint density at radius 3 is 1.75 bits per heavy atom. The number of nitrogens with zero attached hydrogens (tertiary/aromatic N) is 1. The Balaban J connectivity index is 2.48. The Bertz CT molecular complexity index is 535. The molecule has 6 nitrogen and oxygen atoms in total. The minimum atomic E-state index is -0.144. The van der Waals surface area contributed by atoms with Crippen molar-refractivity contribution in [3.63, 3.8) is 0 Å². The van der Waals surface area contributed by atoms with Gasteiger partial charge in [-0.15, -0.1) is 0 Å². The minimum absolute atomic E-state index is 0.00710. The smallest absolute Gasteiger partial charge is 0.305 e. The molecule has 1 N–H and O–H groups in total. The third kappa shape index (κ3) is 17.3. The summed E-state index contributed by atoms with van der Waals surface area (Å²) in [7, 11) is 0. The van der Waals surface area contributed by atoms with Gasteiger partial charge >= 0.3 is 11.9 Å². The van der Waals surface area contributed by atoms with Gasteiger partial charge in [0, 0.05) is 31.3 Å². The molecule has 1 saturated carbocycles. The van der Waals surface area contributed by atoms with Gasteiger partial charge in [0.1, 0.15) is 0 Å². The number of hydrogen-bond donors (Lipinski definition) is 1. The molecular formula is C30H57NO5. The first-order valence-electron chi connectivity index (χ1n) is 15.3. The molecule has 0 aromatic carbocycles. The van der Waals surface area contributed by atoms with E-state index in [0.717, 1.165) is 38.6 Å². The molecule has 0 heterocycles. The molecule has 0 spiro atoms. The average molecular weight is 512 g/mol. The molecule has 212 valence electrons. The molecule has 1 rings (SSSR count). The van der Waals surface area contributed by atoms with Crippen molar-refractivity contribution in [3.8, 4) is 0 Å². The van der Waals surface area contributed by atoms with Crippen molar-refractivity contribution in [1.82, 2.24) is 4.90 Å². The maximum Gasteiger partial charge on any atom is 0.305 e. The zero-order valence-electron chi connectivity index (χ0n) is 23.7. The minimum Gasteiger partial charge on any atom is -0.465 e. The van der Waals surface area contributed by atoms with E-state index in [1.54, 1.807) is 0 Å². The standard InChI is InChI=1S/C30H57NO5/c1-3-5-7-9-11-16-20-30(34)36-26-27(25-35-29(33)19-15-10-8-6-4-2)21-22-31(23-24-32)28-17-13-12-14-18-28/h27-28,32H,3-26H2,1-2H3. The summed E-state index contributed by atoms with van der Waals surface area (Å²) in [6.07, 6.45) is 20.3. The van der Waals surface area contributed by atoms with E-state index in [1.807, 2.05) is 0 Å². The van der Waals surface area contributed by atoms with E-state index >= 15 is 0 Å². The van der Waals surface area contributed by atoms with Crippen molar-refractivity contribution in [2.45, 2.75) is 142 Å². The second kappa shape index (κ2) is 23.0. The Morgan fingerprint density at radius 1 is 0.750 bits per heavy atom. The number of unbranched alkanes of at least 4 members (excludes halogenated alkanes) is 9. The second-order valence-electron chi connectivity index (χ2n) is 10.8. The van der Waals surface area contributed by atoms with Crippen LogP contribution in [-0.2, 0) is 19.1 Å². The zero-order chi connectivity index (χ0) is 26.3. The van der Waals surface area contributed by atoms with E-state index < -0.39 is 0 Å². The molecule has 1 fully saturated rings. The molecule has 1 unspecified atom stereocenters. The van der Waals surface area contributed by atoms with Crippen molar-refractivity contribution in [3.05, 3.63) is 0 Å². The third-order valence-corrected chi connectivity index (χ3v) is 7.48. The number of ether oxygens (including phenoxy) is 2. The summed E-state index contributed by atoms with van der Waals surface area (Å²) < 4.78 is 11.2. The Morgan fingerprint density at radius 2 is 1.25 bits per heavy atom. The fourth-order valence-electron chi connectivity index (χ4n) is 5.10. The molecule has 36 heavy (non-hydrogen) atoms. The lowest BCUT2D eigenvalue weighted by atomic mass is 9.93. The van der Waals surface area contributed by atoms with Gasteiger partial charge in [0.25, 0.3) is 0 Å². The number of aliphatic hydroxyl groups is 1. The van der Waals surface area contributed by atoms with Crippen molar-refractivity contribution in [2.24, 2.45) is 5.92 Å². The predicted molar refractivity (Wildman–Crippen MR) is 147 cm³/mol. The van der Waals surface area contributed by atoms with Gasteiger partial charge in [-0.25, -0.2) is 0 Å². The van der Waals surface area contributed by atoms with Gasteiger partial charge in [-0.2, -0.15) is 0 Å². The molecule has 1 atom stereocenters. The first-order chi connectivity index (χ1) is 17.6. The summed E-state index contributed by atoms with van der Waals surface area (Å²) in [6, 6.07) is 0.521. The van der Waals surface area contributed by atoms with Gasteiger partial charge in [-0.3, -0.25) is 14.5 Å². The first-order valence-corrected chi connectivity index (χ1v) is 15.3. The summed E-state index contributed by atoms with van der Waals surface area (Å²) in [5.74, 6) is -0.293. The van der Waals surface area contributed by atoms with Gasteiger partial charge in [-0.05, 0) is 38.6 Å². The maximum atomic E-state index is 12.3. The quantitative estimate of drug-likeness (QED) is 0.120. The van der Waals surface area contributed by atoms with Gasteiger partial charge in [0.2, 0.25) is 0 Å². The van der Waals surface area contributed by atoms with Crippen molar-refractivity contribution >= 4 is 11.9 Å². The van der Waals surface area contributed by atoms with E-state index in [4.69, 9.17) is 9.47 Å². The number of hydrogen-bond acceptors (Lipinski definition) is 6. The van der Waals surface area contributed by atoms with Crippen molar-refractivity contribution in [2.75, 3.05) is 32.9 Å². The molecule has 6 heteroatoms. The third-order valence-electron chi connectivity index (χ3n) is 7.48. The summed E-state index contributed by atoms with van der Waals surface area (Å²) in [6.45, 7) is 6.65. The van der Waals surface area contributed by atoms with Gasteiger partial charge in [0.05, 0.1) is 19.8 Å². The predicted octanol–water partition coefficient (Wildman–Crippen LogP) is 6.82. The Labute approximate surface area is 221 Å². The highest BCUT2D eigenvalue weighted by molar-refractivity contribution is 5.69. The highest BCUT2D eigenvalue weighted by Gasteiger charge is 2.23. The van der Waals surface area contributed by atoms with Crippen LogP contribution < -0.4 is 0 Å². The summed E-state index contributed by atoms with van der Waals surface area (Å²) in [5, 5.41) is 9.59. The van der Waals surface area contributed by atoms with Crippen LogP contribution in [-0.4, -0.2) is 60.9 Å². The molecule has 0 aliphatic heterocycles. The highest BCUT2D eigenvalue weighted by atomic mass is 16.5. The molecule has 0 aromatic heterocycles. The summed E-state index contributed by atoms with van der Waals surface area (Å²) >= 11 is 0. The van der Waals surface area contributed by atoms with Crippen LogP contribution in [0.5, 0.6) is 0 Å². The second-order valence-corrected chi connectivity index (χ2v) is 10.8. The lowest BCUT2D eigenvalue weighted by molar-refractivity contribution is -0.149. The normalized spacial score (nSPS) is 15.2. The van der Waals surface area contributed by atoms with E-state index in [2.05, 4.69) is 18.7 Å². The SMILES string of the molecule is CCCCCCCCC(=O)OCC(CCN(CCO)C1CCCCC1)COC(=O)CCCCCCC. The number of carbonyl (C=O) groups is 2. The molecule has 0 radical (unpaired) electrons. The maximum absolute atomic E-state index is 12.3. The van der Waals surface area contributed by atoms with Gasteiger partial charge in [-0.1, -0.05) is 90.9 Å². The fraction of sp³-hybridized carbons (Fsp3) is 0.933. The van der Waals surface area contributed by atoms with Crippen LogP contribution >= 0.6 is 0 Å². The number of esters is 2. The van der Waals surface area contributed by atoms with Crippen LogP contribution in [0.15, 0.2) is 0 Å². The van der Waals surface area contributed by atoms with E-state index in [-0.39, 0.29) is 24.5 Å². The molecular weight excluding hydrogens is 454 g/mol. The van der Waals surface area contributed by atoms with Crippen LogP contribution in [0.25, 0.3) is 0 Å².